The molecule has 0 aliphatic heterocycles. The first kappa shape index (κ1) is 11.0. The van der Waals surface area contributed by atoms with Gasteiger partial charge in [0.25, 0.3) is 0 Å². The van der Waals surface area contributed by atoms with Gasteiger partial charge in [-0.25, -0.2) is 9.18 Å². The highest BCUT2D eigenvalue weighted by Crippen LogP contribution is 2.28. The largest absolute Gasteiger partial charge is 0.465 e. The number of benzene rings is 1. The van der Waals surface area contributed by atoms with E-state index in [9.17, 15) is 9.18 Å². The molecule has 0 radical (unpaired) electrons. The first-order valence-electron chi connectivity index (χ1n) is 3.86. The lowest BCUT2D eigenvalue weighted by molar-refractivity contribution is 0.203. The van der Waals surface area contributed by atoms with Crippen LogP contribution < -0.4 is 4.90 Å². The molecule has 0 saturated carbocycles. The molecule has 1 aromatic rings. The van der Waals surface area contributed by atoms with Crippen LogP contribution >= 0.6 is 15.9 Å². The Hall–Kier alpha value is -1.10. The molecule has 0 atom stereocenters. The van der Waals surface area contributed by atoms with Gasteiger partial charge in [0.2, 0.25) is 0 Å². The van der Waals surface area contributed by atoms with Crippen molar-refractivity contribution in [2.75, 3.05) is 11.9 Å². The predicted octanol–water partition coefficient (Wildman–Crippen LogP) is 3.01. The van der Waals surface area contributed by atoms with Gasteiger partial charge in [-0.2, -0.15) is 0 Å². The summed E-state index contributed by atoms with van der Waals surface area (Å²) in [5.74, 6) is -0.560. The van der Waals surface area contributed by atoms with Crippen LogP contribution in [0.2, 0.25) is 0 Å². The molecule has 1 aromatic carbocycles. The summed E-state index contributed by atoms with van der Waals surface area (Å²) in [6.45, 7) is 1.73. The first-order chi connectivity index (χ1) is 6.45. The number of rotatable bonds is 1. The molecule has 0 spiro atoms. The third-order valence-electron chi connectivity index (χ3n) is 1.90. The molecule has 1 rings (SSSR count). The lowest BCUT2D eigenvalue weighted by Crippen LogP contribution is -2.24. The zero-order valence-corrected chi connectivity index (χ0v) is 9.30. The second-order valence-corrected chi connectivity index (χ2v) is 3.66. The number of anilines is 1. The molecule has 1 N–H and O–H groups in total. The van der Waals surface area contributed by atoms with E-state index in [1.54, 1.807) is 13.0 Å². The van der Waals surface area contributed by atoms with Crippen LogP contribution in [0.15, 0.2) is 16.6 Å². The van der Waals surface area contributed by atoms with E-state index in [-0.39, 0.29) is 5.69 Å². The fourth-order valence-corrected chi connectivity index (χ4v) is 1.33. The molecule has 1 amide bonds. The Bertz CT molecular complexity index is 381. The molecule has 0 aliphatic carbocycles. The molecule has 0 aromatic heterocycles. The Morgan fingerprint density at radius 1 is 1.57 bits per heavy atom. The molecule has 0 saturated heterocycles. The van der Waals surface area contributed by atoms with Gasteiger partial charge in [-0.05, 0) is 34.5 Å². The summed E-state index contributed by atoms with van der Waals surface area (Å²) >= 11 is 3.05. The van der Waals surface area contributed by atoms with Crippen LogP contribution in [0.5, 0.6) is 0 Å². The zero-order valence-electron chi connectivity index (χ0n) is 7.71. The summed E-state index contributed by atoms with van der Waals surface area (Å²) < 4.78 is 13.8. The molecular formula is C9H9BrFNO2. The fraction of sp³-hybridized carbons (Fsp3) is 0.222. The summed E-state index contributed by atoms with van der Waals surface area (Å²) in [6.07, 6.45) is -1.19. The van der Waals surface area contributed by atoms with Gasteiger partial charge in [-0.15, -0.1) is 0 Å². The molecule has 76 valence electrons. The van der Waals surface area contributed by atoms with Crippen LogP contribution in [0, 0.1) is 12.7 Å². The third kappa shape index (κ3) is 1.87. The highest BCUT2D eigenvalue weighted by molar-refractivity contribution is 9.10. The van der Waals surface area contributed by atoms with Crippen molar-refractivity contribution in [3.63, 3.8) is 0 Å². The van der Waals surface area contributed by atoms with E-state index < -0.39 is 11.9 Å². The van der Waals surface area contributed by atoms with E-state index in [1.165, 1.54) is 13.1 Å². The van der Waals surface area contributed by atoms with Crippen LogP contribution in [0.4, 0.5) is 14.9 Å². The third-order valence-corrected chi connectivity index (χ3v) is 2.88. The molecule has 3 nitrogen and oxygen atoms in total. The monoisotopic (exact) mass is 261 g/mol. The van der Waals surface area contributed by atoms with Gasteiger partial charge in [-0.3, -0.25) is 4.90 Å². The minimum Gasteiger partial charge on any atom is -0.465 e. The average Bonchev–Trinajstić information content (AvgIpc) is 2.13. The minimum absolute atomic E-state index is 0.0370. The Morgan fingerprint density at radius 3 is 2.64 bits per heavy atom. The van der Waals surface area contributed by atoms with Crippen molar-refractivity contribution in [3.8, 4) is 0 Å². The zero-order chi connectivity index (χ0) is 10.9. The van der Waals surface area contributed by atoms with Gasteiger partial charge in [0, 0.05) is 7.05 Å². The average molecular weight is 262 g/mol. The van der Waals surface area contributed by atoms with Crippen molar-refractivity contribution in [2.45, 2.75) is 6.92 Å². The smallest absolute Gasteiger partial charge is 0.411 e. The fourth-order valence-electron chi connectivity index (χ4n) is 0.998. The van der Waals surface area contributed by atoms with E-state index in [4.69, 9.17) is 5.11 Å². The number of carboxylic acid groups (broad SMARTS) is 1. The number of carbonyl (C=O) groups is 1. The molecule has 0 bridgehead atoms. The lowest BCUT2D eigenvalue weighted by Gasteiger charge is -2.15. The SMILES string of the molecule is Cc1ccc(N(C)C(=O)O)c(F)c1Br. The van der Waals surface area contributed by atoms with Crippen molar-refractivity contribution in [1.82, 2.24) is 0 Å². The maximum atomic E-state index is 13.5. The van der Waals surface area contributed by atoms with Crippen molar-refractivity contribution >= 4 is 27.7 Å². The Balaban J connectivity index is 3.24. The van der Waals surface area contributed by atoms with E-state index in [0.717, 1.165) is 10.5 Å². The summed E-state index contributed by atoms with van der Waals surface area (Å²) in [6, 6.07) is 3.09. The normalized spacial score (nSPS) is 10.0. The van der Waals surface area contributed by atoms with Gasteiger partial charge >= 0.3 is 6.09 Å². The van der Waals surface area contributed by atoms with Gasteiger partial charge in [0.05, 0.1) is 10.2 Å². The summed E-state index contributed by atoms with van der Waals surface area (Å²) in [7, 11) is 1.29. The Morgan fingerprint density at radius 2 is 2.14 bits per heavy atom. The van der Waals surface area contributed by atoms with Crippen molar-refractivity contribution in [3.05, 3.63) is 28.0 Å². The highest BCUT2D eigenvalue weighted by atomic mass is 79.9. The number of halogens is 2. The highest BCUT2D eigenvalue weighted by Gasteiger charge is 2.16. The summed E-state index contributed by atoms with van der Waals surface area (Å²) in [4.78, 5) is 11.4. The topological polar surface area (TPSA) is 40.5 Å². The van der Waals surface area contributed by atoms with Crippen LogP contribution in [-0.2, 0) is 0 Å². The molecular weight excluding hydrogens is 253 g/mol. The molecule has 0 unspecified atom stereocenters. The predicted molar refractivity (Wildman–Crippen MR) is 55.3 cm³/mol. The Labute approximate surface area is 89.3 Å². The van der Waals surface area contributed by atoms with Gasteiger partial charge in [0.15, 0.2) is 5.82 Å². The number of aryl methyl sites for hydroxylation is 1. The second kappa shape index (κ2) is 3.96. The van der Waals surface area contributed by atoms with E-state index in [2.05, 4.69) is 15.9 Å². The molecule has 0 heterocycles. The quantitative estimate of drug-likeness (QED) is 0.845. The molecule has 5 heteroatoms. The van der Waals surface area contributed by atoms with Crippen molar-refractivity contribution in [2.24, 2.45) is 0 Å². The molecule has 0 aliphatic rings. The standard InChI is InChI=1S/C9H9BrFNO2/c1-5-3-4-6(8(11)7(5)10)12(2)9(13)14/h3-4H,1-2H3,(H,13,14). The van der Waals surface area contributed by atoms with Crippen LogP contribution in [0.25, 0.3) is 0 Å². The van der Waals surface area contributed by atoms with Crippen LogP contribution in [-0.4, -0.2) is 18.2 Å². The first-order valence-corrected chi connectivity index (χ1v) is 4.65. The molecule has 14 heavy (non-hydrogen) atoms. The number of nitrogens with zero attached hydrogens (tertiary/aromatic N) is 1. The summed E-state index contributed by atoms with van der Waals surface area (Å²) in [5.41, 5.74) is 0.764. The lowest BCUT2D eigenvalue weighted by atomic mass is 10.2. The maximum absolute atomic E-state index is 13.5. The van der Waals surface area contributed by atoms with Crippen molar-refractivity contribution < 1.29 is 14.3 Å². The number of hydrogen-bond acceptors (Lipinski definition) is 1. The number of amides is 1. The van der Waals surface area contributed by atoms with Gasteiger partial charge < -0.3 is 5.11 Å². The maximum Gasteiger partial charge on any atom is 0.411 e. The van der Waals surface area contributed by atoms with Crippen LogP contribution in [0.1, 0.15) is 5.56 Å². The van der Waals surface area contributed by atoms with E-state index in [0.29, 0.717) is 4.47 Å². The summed E-state index contributed by atoms with van der Waals surface area (Å²) in [5, 5.41) is 8.66. The van der Waals surface area contributed by atoms with E-state index >= 15 is 0 Å². The van der Waals surface area contributed by atoms with Gasteiger partial charge in [0.1, 0.15) is 0 Å². The van der Waals surface area contributed by atoms with Crippen LogP contribution in [0.3, 0.4) is 0 Å². The second-order valence-electron chi connectivity index (χ2n) is 2.87. The van der Waals surface area contributed by atoms with Crippen molar-refractivity contribution in [1.29, 1.82) is 0 Å². The van der Waals surface area contributed by atoms with E-state index in [1.807, 2.05) is 0 Å². The molecule has 0 fully saturated rings. The van der Waals surface area contributed by atoms with Gasteiger partial charge in [-0.1, -0.05) is 6.07 Å². The Kier molecular flexibility index (Phi) is 3.10. The minimum atomic E-state index is -1.19. The number of hydrogen-bond donors (Lipinski definition) is 1.